The number of nitrogens with zero attached hydrogens (tertiary/aromatic N) is 4. The van der Waals surface area contributed by atoms with Gasteiger partial charge in [0.1, 0.15) is 26.4 Å². The van der Waals surface area contributed by atoms with Gasteiger partial charge in [-0.2, -0.15) is 0 Å². The maximum absolute atomic E-state index is 12.2. The van der Waals surface area contributed by atoms with Crippen molar-refractivity contribution in [3.8, 4) is 0 Å². The van der Waals surface area contributed by atoms with Crippen molar-refractivity contribution in [2.75, 3.05) is 106 Å². The minimum Gasteiger partial charge on any atom is -0.378 e. The van der Waals surface area contributed by atoms with Crippen LogP contribution in [0, 0.1) is 5.41 Å². The van der Waals surface area contributed by atoms with Crippen LogP contribution in [0.1, 0.15) is 51.4 Å². The highest BCUT2D eigenvalue weighted by atomic mass is 16.8. The quantitative estimate of drug-likeness (QED) is 0.0498. The molecule has 0 bridgehead atoms. The summed E-state index contributed by atoms with van der Waals surface area (Å²) < 4.78 is 44.6. The van der Waals surface area contributed by atoms with Crippen molar-refractivity contribution in [3.63, 3.8) is 0 Å². The summed E-state index contributed by atoms with van der Waals surface area (Å²) in [6, 6.07) is 0. The molecule has 0 aromatic carbocycles. The zero-order valence-corrected chi connectivity index (χ0v) is 35.4. The zero-order valence-electron chi connectivity index (χ0n) is 35.4. The van der Waals surface area contributed by atoms with Crippen molar-refractivity contribution in [1.29, 1.82) is 0 Å². The fourth-order valence-corrected chi connectivity index (χ4v) is 5.73. The normalized spacial score (nSPS) is 16.7. The number of hydrogen-bond acceptors (Lipinski definition) is 23. The minimum atomic E-state index is -1.16. The van der Waals surface area contributed by atoms with Crippen molar-refractivity contribution < 1.29 is 110 Å². The van der Waals surface area contributed by atoms with E-state index in [0.717, 1.165) is 5.06 Å². The second kappa shape index (κ2) is 26.9. The molecule has 0 unspecified atom stereocenters. The summed E-state index contributed by atoms with van der Waals surface area (Å²) in [6.07, 6.45) is 0.0119. The summed E-state index contributed by atoms with van der Waals surface area (Å²) in [7, 11) is 0. The van der Waals surface area contributed by atoms with Gasteiger partial charge in [-0.05, 0) is 6.42 Å². The summed E-state index contributed by atoms with van der Waals surface area (Å²) in [4.78, 5) is 150. The predicted molar refractivity (Wildman–Crippen MR) is 202 cm³/mol. The molecule has 7 amide bonds. The SMILES string of the molecule is C=C1CCC(=O)N1OC(=O)COCCOCC(COCCOCC(=O)ON1C(=O)CCC1=O)(COCCOCC(=O)ON1C(=O)CCC1=O)COCCOCC(=O)ON1C(=O)CCC1=O. The second-order valence-corrected chi connectivity index (χ2v) is 14.3. The van der Waals surface area contributed by atoms with Crippen LogP contribution in [-0.2, 0) is 110 Å². The molecule has 0 saturated carbocycles. The number of ether oxygens (including phenoxy) is 8. The molecule has 27 heteroatoms. The molecule has 0 aromatic rings. The fraction of sp³-hybridized carbons (Fsp3) is 0.658. The lowest BCUT2D eigenvalue weighted by Crippen LogP contribution is -2.43. The molecule has 0 atom stereocenters. The van der Waals surface area contributed by atoms with Crippen molar-refractivity contribution in [3.05, 3.63) is 12.3 Å². The lowest BCUT2D eigenvalue weighted by molar-refractivity contribution is -0.200. The summed E-state index contributed by atoms with van der Waals surface area (Å²) >= 11 is 0. The molecule has 360 valence electrons. The van der Waals surface area contributed by atoms with Crippen molar-refractivity contribution in [2.24, 2.45) is 5.41 Å². The van der Waals surface area contributed by atoms with Crippen LogP contribution in [0.5, 0.6) is 0 Å². The van der Waals surface area contributed by atoms with Crippen LogP contribution in [0.25, 0.3) is 0 Å². The topological polar surface area (TPSA) is 311 Å². The Hall–Kier alpha value is -5.81. The van der Waals surface area contributed by atoms with Crippen LogP contribution in [0.15, 0.2) is 12.3 Å². The first-order valence-electron chi connectivity index (χ1n) is 20.2. The van der Waals surface area contributed by atoms with E-state index in [4.69, 9.17) is 57.2 Å². The van der Waals surface area contributed by atoms with Crippen LogP contribution in [0.4, 0.5) is 0 Å². The number of rotatable bonds is 32. The van der Waals surface area contributed by atoms with Crippen molar-refractivity contribution in [1.82, 2.24) is 20.3 Å². The number of imide groups is 3. The Labute approximate surface area is 370 Å². The minimum absolute atomic E-state index is 0.0834. The average molecular weight is 931 g/mol. The highest BCUT2D eigenvalue weighted by Gasteiger charge is 2.36. The van der Waals surface area contributed by atoms with E-state index < -0.39 is 97.1 Å². The number of hydrogen-bond donors (Lipinski definition) is 0. The first-order chi connectivity index (χ1) is 31.2. The Morgan fingerprint density at radius 3 is 0.815 bits per heavy atom. The van der Waals surface area contributed by atoms with Crippen LogP contribution in [0.3, 0.4) is 0 Å². The van der Waals surface area contributed by atoms with Gasteiger partial charge in [0.15, 0.2) is 0 Å². The molecule has 4 rings (SSSR count). The van der Waals surface area contributed by atoms with Gasteiger partial charge < -0.3 is 57.2 Å². The number of allylic oxidation sites excluding steroid dienone is 1. The molecule has 27 nitrogen and oxygen atoms in total. The standard InChI is InChI=1S/C38H50N4O23/c1-26-2-3-27(43)39(26)62-34(50)18-54-10-14-58-22-38(23-59-15-11-55-19-35(51)63-40-28(44)4-5-29(40)45,24-60-16-12-56-20-36(52)64-41-30(46)6-7-31(41)47)25-61-17-13-57-21-37(53)65-42-32(48)8-9-33(42)49/h1-25H2. The molecule has 4 aliphatic heterocycles. The third-order valence-electron chi connectivity index (χ3n) is 8.93. The van der Waals surface area contributed by atoms with E-state index in [2.05, 4.69) is 6.58 Å². The Morgan fingerprint density at radius 2 is 0.569 bits per heavy atom. The lowest BCUT2D eigenvalue weighted by Gasteiger charge is -2.33. The maximum atomic E-state index is 12.2. The van der Waals surface area contributed by atoms with Crippen molar-refractivity contribution in [2.45, 2.75) is 51.4 Å². The van der Waals surface area contributed by atoms with Crippen LogP contribution >= 0.6 is 0 Å². The van der Waals surface area contributed by atoms with Gasteiger partial charge in [0.05, 0.1) is 90.4 Å². The third kappa shape index (κ3) is 17.6. The molecule has 0 N–H and O–H groups in total. The third-order valence-corrected chi connectivity index (χ3v) is 8.93. The van der Waals surface area contributed by atoms with Gasteiger partial charge in [-0.3, -0.25) is 33.6 Å². The van der Waals surface area contributed by atoms with E-state index in [-0.39, 0.29) is 124 Å². The van der Waals surface area contributed by atoms with Gasteiger partial charge in [0, 0.05) is 44.9 Å². The number of amides is 7. The molecule has 65 heavy (non-hydrogen) atoms. The maximum Gasteiger partial charge on any atom is 0.358 e. The Balaban J connectivity index is 1.29. The molecule has 0 aromatic heterocycles. The monoisotopic (exact) mass is 930 g/mol. The first-order valence-corrected chi connectivity index (χ1v) is 20.2. The Morgan fingerprint density at radius 1 is 0.354 bits per heavy atom. The molecule has 4 heterocycles. The molecule has 4 aliphatic rings. The molecule has 0 spiro atoms. The summed E-state index contributed by atoms with van der Waals surface area (Å²) in [5.74, 6) is -8.19. The highest BCUT2D eigenvalue weighted by Crippen LogP contribution is 2.22. The molecular weight excluding hydrogens is 880 g/mol. The van der Waals surface area contributed by atoms with Gasteiger partial charge in [-0.25, -0.2) is 19.2 Å². The Bertz CT molecular complexity index is 1470. The summed E-state index contributed by atoms with van der Waals surface area (Å²) in [5.41, 5.74) is -0.823. The first kappa shape index (κ1) is 51.8. The molecule has 4 saturated heterocycles. The van der Waals surface area contributed by atoms with E-state index in [0.29, 0.717) is 27.3 Å². The molecule has 0 aliphatic carbocycles. The van der Waals surface area contributed by atoms with E-state index in [1.165, 1.54) is 0 Å². The van der Waals surface area contributed by atoms with E-state index in [1.54, 1.807) is 0 Å². The van der Waals surface area contributed by atoms with E-state index in [1.807, 2.05) is 0 Å². The molecule has 4 fully saturated rings. The number of carbonyl (C=O) groups excluding carboxylic acids is 11. The fourth-order valence-electron chi connectivity index (χ4n) is 5.73. The smallest absolute Gasteiger partial charge is 0.358 e. The van der Waals surface area contributed by atoms with Crippen LogP contribution < -0.4 is 0 Å². The molecular formula is C38H50N4O23. The lowest BCUT2D eigenvalue weighted by atomic mass is 9.92. The van der Waals surface area contributed by atoms with Gasteiger partial charge in [-0.1, -0.05) is 6.58 Å². The van der Waals surface area contributed by atoms with Gasteiger partial charge >= 0.3 is 23.9 Å². The van der Waals surface area contributed by atoms with E-state index in [9.17, 15) is 52.7 Å². The molecule has 0 radical (unpaired) electrons. The van der Waals surface area contributed by atoms with Crippen molar-refractivity contribution >= 4 is 65.2 Å². The van der Waals surface area contributed by atoms with Crippen LogP contribution in [0.2, 0.25) is 0 Å². The number of hydroxylamine groups is 8. The second-order valence-electron chi connectivity index (χ2n) is 14.3. The van der Waals surface area contributed by atoms with Gasteiger partial charge in [-0.15, -0.1) is 20.3 Å². The van der Waals surface area contributed by atoms with Crippen LogP contribution in [-0.4, -0.2) is 191 Å². The largest absolute Gasteiger partial charge is 0.378 e. The summed E-state index contributed by atoms with van der Waals surface area (Å²) in [5, 5.41) is 1.96. The van der Waals surface area contributed by atoms with E-state index >= 15 is 0 Å². The number of carbonyl (C=O) groups is 11. The average Bonchev–Trinajstić information content (AvgIpc) is 3.98. The predicted octanol–water partition coefficient (Wildman–Crippen LogP) is -2.48. The van der Waals surface area contributed by atoms with Gasteiger partial charge in [0.2, 0.25) is 0 Å². The summed E-state index contributed by atoms with van der Waals surface area (Å²) in [6.45, 7) is -0.350. The zero-order chi connectivity index (χ0) is 47.2. The van der Waals surface area contributed by atoms with Gasteiger partial charge in [0.25, 0.3) is 41.4 Å². The highest BCUT2D eigenvalue weighted by molar-refractivity contribution is 6.03. The Kier molecular flexibility index (Phi) is 21.4.